The number of aromatic nitrogens is 2. The van der Waals surface area contributed by atoms with E-state index in [4.69, 9.17) is 10.3 Å². The number of hydrogen-bond donors (Lipinski definition) is 1. The maximum absolute atomic E-state index is 6.17. The molecule has 1 aliphatic rings. The highest BCUT2D eigenvalue weighted by Crippen LogP contribution is 2.14. The van der Waals surface area contributed by atoms with Crippen molar-refractivity contribution in [2.45, 2.75) is 70.8 Å². The lowest BCUT2D eigenvalue weighted by Crippen LogP contribution is -2.30. The van der Waals surface area contributed by atoms with Crippen LogP contribution >= 0.6 is 0 Å². The summed E-state index contributed by atoms with van der Waals surface area (Å²) in [5.41, 5.74) is 6.17. The van der Waals surface area contributed by atoms with Gasteiger partial charge >= 0.3 is 0 Å². The minimum atomic E-state index is -0.120. The first-order chi connectivity index (χ1) is 10.3. The zero-order valence-corrected chi connectivity index (χ0v) is 13.4. The third-order valence-corrected chi connectivity index (χ3v) is 4.21. The molecule has 0 amide bonds. The highest BCUT2D eigenvalue weighted by Gasteiger charge is 2.19. The number of likely N-dealkylation sites (tertiary alicyclic amines) is 1. The molecule has 0 aromatic carbocycles. The van der Waals surface area contributed by atoms with Crippen molar-refractivity contribution >= 4 is 0 Å². The van der Waals surface area contributed by atoms with Crippen molar-refractivity contribution in [2.75, 3.05) is 19.6 Å². The van der Waals surface area contributed by atoms with Crippen LogP contribution < -0.4 is 5.73 Å². The number of nitrogens with two attached hydrogens (primary N) is 1. The van der Waals surface area contributed by atoms with Crippen LogP contribution in [0, 0.1) is 0 Å². The predicted molar refractivity (Wildman–Crippen MR) is 84.0 cm³/mol. The van der Waals surface area contributed by atoms with Crippen LogP contribution in [-0.4, -0.2) is 34.7 Å². The van der Waals surface area contributed by atoms with Gasteiger partial charge in [0.15, 0.2) is 5.82 Å². The van der Waals surface area contributed by atoms with Crippen molar-refractivity contribution in [1.29, 1.82) is 0 Å². The molecule has 1 aromatic heterocycles. The zero-order chi connectivity index (χ0) is 14.9. The van der Waals surface area contributed by atoms with Gasteiger partial charge in [-0.05, 0) is 32.4 Å². The molecule has 0 saturated carbocycles. The number of unbranched alkanes of at least 4 members (excludes halogenated alkanes) is 5. The summed E-state index contributed by atoms with van der Waals surface area (Å²) in [4.78, 5) is 6.84. The molecule has 0 radical (unpaired) electrons. The van der Waals surface area contributed by atoms with Crippen LogP contribution in [0.15, 0.2) is 4.52 Å². The maximum atomic E-state index is 6.17. The summed E-state index contributed by atoms with van der Waals surface area (Å²) in [6, 6.07) is -0.120. The molecule has 0 spiro atoms. The van der Waals surface area contributed by atoms with E-state index in [0.29, 0.717) is 5.82 Å². The topological polar surface area (TPSA) is 68.2 Å². The molecule has 0 bridgehead atoms. The van der Waals surface area contributed by atoms with Crippen LogP contribution in [0.2, 0.25) is 0 Å². The van der Waals surface area contributed by atoms with E-state index in [1.54, 1.807) is 0 Å². The summed E-state index contributed by atoms with van der Waals surface area (Å²) in [7, 11) is 0. The molecule has 1 atom stereocenters. The van der Waals surface area contributed by atoms with Crippen molar-refractivity contribution in [3.8, 4) is 0 Å². The number of nitrogens with zero attached hydrogens (tertiary/aromatic N) is 3. The molecule has 2 N–H and O–H groups in total. The maximum Gasteiger partial charge on any atom is 0.226 e. The number of rotatable bonds is 10. The van der Waals surface area contributed by atoms with Gasteiger partial charge in [-0.2, -0.15) is 4.98 Å². The highest BCUT2D eigenvalue weighted by atomic mass is 16.5. The Kier molecular flexibility index (Phi) is 7.16. The highest BCUT2D eigenvalue weighted by molar-refractivity contribution is 4.94. The number of aryl methyl sites for hydroxylation is 1. The van der Waals surface area contributed by atoms with Gasteiger partial charge in [0.25, 0.3) is 0 Å². The Balaban J connectivity index is 1.65. The summed E-state index contributed by atoms with van der Waals surface area (Å²) < 4.78 is 5.32. The van der Waals surface area contributed by atoms with Gasteiger partial charge in [0.2, 0.25) is 5.89 Å². The molecule has 5 nitrogen and oxygen atoms in total. The normalized spacial score (nSPS) is 17.4. The van der Waals surface area contributed by atoms with Crippen LogP contribution in [0.25, 0.3) is 0 Å². The molecular weight excluding hydrogens is 264 g/mol. The SMILES string of the molecule is CCCCCCCCc1nc(C(N)CN2CCCC2)no1. The monoisotopic (exact) mass is 294 g/mol. The van der Waals surface area contributed by atoms with Crippen LogP contribution in [0.1, 0.15) is 76.0 Å². The zero-order valence-electron chi connectivity index (χ0n) is 13.4. The van der Waals surface area contributed by atoms with Gasteiger partial charge in [0.1, 0.15) is 0 Å². The molecule has 2 rings (SSSR count). The van der Waals surface area contributed by atoms with Crippen molar-refractivity contribution < 1.29 is 4.52 Å². The minimum absolute atomic E-state index is 0.120. The third-order valence-electron chi connectivity index (χ3n) is 4.21. The number of hydrogen-bond acceptors (Lipinski definition) is 5. The Morgan fingerprint density at radius 1 is 1.14 bits per heavy atom. The van der Waals surface area contributed by atoms with Crippen molar-refractivity contribution in [1.82, 2.24) is 15.0 Å². The second-order valence-electron chi connectivity index (χ2n) is 6.18. The fourth-order valence-corrected chi connectivity index (χ4v) is 2.90. The Hall–Kier alpha value is -0.940. The average molecular weight is 294 g/mol. The van der Waals surface area contributed by atoms with Crippen LogP contribution in [0.5, 0.6) is 0 Å². The van der Waals surface area contributed by atoms with E-state index in [0.717, 1.165) is 38.4 Å². The van der Waals surface area contributed by atoms with Gasteiger partial charge in [-0.25, -0.2) is 0 Å². The first kappa shape index (κ1) is 16.4. The van der Waals surface area contributed by atoms with E-state index in [-0.39, 0.29) is 6.04 Å². The summed E-state index contributed by atoms with van der Waals surface area (Å²) in [5.74, 6) is 1.42. The first-order valence-electron chi connectivity index (χ1n) is 8.60. The van der Waals surface area contributed by atoms with Crippen molar-refractivity contribution in [3.05, 3.63) is 11.7 Å². The van der Waals surface area contributed by atoms with Crippen LogP contribution in [0.3, 0.4) is 0 Å². The van der Waals surface area contributed by atoms with Crippen molar-refractivity contribution in [2.24, 2.45) is 5.73 Å². The van der Waals surface area contributed by atoms with Gasteiger partial charge in [-0.1, -0.05) is 44.2 Å². The first-order valence-corrected chi connectivity index (χ1v) is 8.60. The van der Waals surface area contributed by atoms with Crippen LogP contribution in [-0.2, 0) is 6.42 Å². The minimum Gasteiger partial charge on any atom is -0.339 e. The van der Waals surface area contributed by atoms with Gasteiger partial charge in [0, 0.05) is 13.0 Å². The van der Waals surface area contributed by atoms with E-state index >= 15 is 0 Å². The lowest BCUT2D eigenvalue weighted by atomic mass is 10.1. The van der Waals surface area contributed by atoms with Gasteiger partial charge in [-0.15, -0.1) is 0 Å². The molecular formula is C16H30N4O. The van der Waals surface area contributed by atoms with E-state index < -0.39 is 0 Å². The second-order valence-corrected chi connectivity index (χ2v) is 6.18. The fraction of sp³-hybridized carbons (Fsp3) is 0.875. The Bertz CT molecular complexity index is 387. The molecule has 1 aromatic rings. The quantitative estimate of drug-likeness (QED) is 0.672. The lowest BCUT2D eigenvalue weighted by Gasteiger charge is -2.17. The van der Waals surface area contributed by atoms with Gasteiger partial charge in [0.05, 0.1) is 6.04 Å². The van der Waals surface area contributed by atoms with Crippen molar-refractivity contribution in [3.63, 3.8) is 0 Å². The Morgan fingerprint density at radius 2 is 1.86 bits per heavy atom. The summed E-state index contributed by atoms with van der Waals surface area (Å²) in [6.45, 7) is 5.38. The van der Waals surface area contributed by atoms with Gasteiger partial charge in [-0.3, -0.25) is 0 Å². The average Bonchev–Trinajstić information content (AvgIpc) is 3.14. The molecule has 0 aliphatic carbocycles. The Labute approximate surface area is 128 Å². The Morgan fingerprint density at radius 3 is 2.62 bits per heavy atom. The summed E-state index contributed by atoms with van der Waals surface area (Å²) in [5, 5.41) is 4.05. The van der Waals surface area contributed by atoms with E-state index in [1.807, 2.05) is 0 Å². The lowest BCUT2D eigenvalue weighted by molar-refractivity contribution is 0.305. The van der Waals surface area contributed by atoms with E-state index in [9.17, 15) is 0 Å². The molecule has 1 fully saturated rings. The molecule has 120 valence electrons. The molecule has 1 saturated heterocycles. The van der Waals surface area contributed by atoms with Gasteiger partial charge < -0.3 is 15.2 Å². The molecule has 21 heavy (non-hydrogen) atoms. The second kappa shape index (κ2) is 9.15. The standard InChI is InChI=1S/C16H30N4O/c1-2-3-4-5-6-7-10-15-18-16(19-21-15)14(17)13-20-11-8-9-12-20/h14H,2-13,17H2,1H3. The van der Waals surface area contributed by atoms with E-state index in [2.05, 4.69) is 22.0 Å². The van der Waals surface area contributed by atoms with E-state index in [1.165, 1.54) is 44.9 Å². The predicted octanol–water partition coefficient (Wildman–Crippen LogP) is 3.07. The molecule has 5 heteroatoms. The molecule has 1 unspecified atom stereocenters. The third kappa shape index (κ3) is 5.75. The summed E-state index contributed by atoms with van der Waals surface area (Å²) >= 11 is 0. The fourth-order valence-electron chi connectivity index (χ4n) is 2.90. The largest absolute Gasteiger partial charge is 0.339 e. The van der Waals surface area contributed by atoms with Crippen LogP contribution in [0.4, 0.5) is 0 Å². The molecule has 1 aliphatic heterocycles. The summed E-state index contributed by atoms with van der Waals surface area (Å²) in [6.07, 6.45) is 11.1. The smallest absolute Gasteiger partial charge is 0.226 e. The molecule has 2 heterocycles.